The molecule has 0 aliphatic carbocycles. The molecule has 1 fully saturated rings. The quantitative estimate of drug-likeness (QED) is 0.385. The zero-order chi connectivity index (χ0) is 30.4. The van der Waals surface area contributed by atoms with Gasteiger partial charge >= 0.3 is 0 Å². The van der Waals surface area contributed by atoms with Crippen LogP contribution in [0.25, 0.3) is 0 Å². The van der Waals surface area contributed by atoms with Crippen molar-refractivity contribution in [3.05, 3.63) is 95.6 Å². The number of methoxy groups -OCH3 is 1. The minimum atomic E-state index is -0.892. The standard InChI is InChI=1S/C34H44N4O4/c1-24(22-34(33(41)37(4)5,25-13-9-7-10-14-25)26-15-11-8-12-16-26)38-20-19-29(30(39)23-38)35-32(40)28-18-17-27(36(2)3)21-31(28)42-6/h7-18,21,24,29-30,39H,19-20,22-23H2,1-6H3,(H,35,40)/t24?,29-,30-/m1/s1. The Bertz CT molecular complexity index is 1310. The molecule has 1 aliphatic rings. The summed E-state index contributed by atoms with van der Waals surface area (Å²) in [4.78, 5) is 33.1. The highest BCUT2D eigenvalue weighted by Gasteiger charge is 2.45. The number of amides is 2. The number of hydrogen-bond donors (Lipinski definition) is 2. The van der Waals surface area contributed by atoms with Crippen molar-refractivity contribution in [2.24, 2.45) is 0 Å². The first-order valence-electron chi connectivity index (χ1n) is 14.5. The van der Waals surface area contributed by atoms with Crippen LogP contribution in [0, 0.1) is 0 Å². The molecule has 3 atom stereocenters. The molecule has 0 aromatic heterocycles. The van der Waals surface area contributed by atoms with Crippen LogP contribution in [0.15, 0.2) is 78.9 Å². The molecule has 1 aliphatic heterocycles. The second-order valence-corrected chi connectivity index (χ2v) is 11.6. The predicted octanol–water partition coefficient (Wildman–Crippen LogP) is 3.78. The van der Waals surface area contributed by atoms with Gasteiger partial charge in [0.25, 0.3) is 5.91 Å². The summed E-state index contributed by atoms with van der Waals surface area (Å²) in [5.41, 5.74) is 2.36. The fraction of sp³-hybridized carbons (Fsp3) is 0.412. The molecule has 0 bridgehead atoms. The maximum Gasteiger partial charge on any atom is 0.255 e. The van der Waals surface area contributed by atoms with E-state index in [9.17, 15) is 14.7 Å². The molecule has 8 heteroatoms. The number of rotatable bonds is 10. The SMILES string of the molecule is COc1cc(N(C)C)ccc1C(=O)N[C@@H]1CCN(C(C)CC(C(=O)N(C)C)(c2ccccc2)c2ccccc2)C[C@H]1O. The number of nitrogens with one attached hydrogen (secondary N) is 1. The number of hydrogen-bond acceptors (Lipinski definition) is 6. The van der Waals surface area contributed by atoms with Gasteiger partial charge in [-0.25, -0.2) is 0 Å². The van der Waals surface area contributed by atoms with Crippen molar-refractivity contribution in [3.63, 3.8) is 0 Å². The van der Waals surface area contributed by atoms with Gasteiger partial charge in [-0.3, -0.25) is 14.5 Å². The van der Waals surface area contributed by atoms with E-state index >= 15 is 0 Å². The van der Waals surface area contributed by atoms with Gasteiger partial charge in [0.05, 0.1) is 24.8 Å². The lowest BCUT2D eigenvalue weighted by Crippen LogP contribution is -2.57. The average molecular weight is 573 g/mol. The normalized spacial score (nSPS) is 18.2. The molecule has 1 heterocycles. The Morgan fingerprint density at radius 2 is 1.60 bits per heavy atom. The Hall–Kier alpha value is -3.88. The first-order chi connectivity index (χ1) is 20.1. The molecule has 2 N–H and O–H groups in total. The van der Waals surface area contributed by atoms with E-state index in [0.717, 1.165) is 16.8 Å². The summed E-state index contributed by atoms with van der Waals surface area (Å²) in [6.07, 6.45) is 0.363. The van der Waals surface area contributed by atoms with E-state index < -0.39 is 17.6 Å². The minimum Gasteiger partial charge on any atom is -0.496 e. The molecule has 0 spiro atoms. The van der Waals surface area contributed by atoms with E-state index in [1.165, 1.54) is 0 Å². The van der Waals surface area contributed by atoms with Crippen molar-refractivity contribution in [2.45, 2.75) is 43.4 Å². The summed E-state index contributed by atoms with van der Waals surface area (Å²) in [6.45, 7) is 3.18. The highest BCUT2D eigenvalue weighted by atomic mass is 16.5. The minimum absolute atomic E-state index is 0.0173. The first kappa shape index (κ1) is 31.1. The van der Waals surface area contributed by atoms with Gasteiger partial charge in [-0.15, -0.1) is 0 Å². The summed E-state index contributed by atoms with van der Waals surface area (Å²) in [7, 11) is 9.01. The second kappa shape index (κ2) is 13.4. The van der Waals surface area contributed by atoms with Gasteiger partial charge in [-0.1, -0.05) is 60.7 Å². The third kappa shape index (κ3) is 6.45. The number of ether oxygens (including phenoxy) is 1. The van der Waals surface area contributed by atoms with E-state index in [4.69, 9.17) is 4.74 Å². The summed E-state index contributed by atoms with van der Waals surface area (Å²) < 4.78 is 5.49. The molecule has 3 aromatic carbocycles. The first-order valence-corrected chi connectivity index (χ1v) is 14.5. The number of anilines is 1. The Morgan fingerprint density at radius 3 is 2.10 bits per heavy atom. The van der Waals surface area contributed by atoms with Crippen LogP contribution in [0.3, 0.4) is 0 Å². The molecule has 1 unspecified atom stereocenters. The van der Waals surface area contributed by atoms with Crippen LogP contribution in [0.5, 0.6) is 5.75 Å². The monoisotopic (exact) mass is 572 g/mol. The number of likely N-dealkylation sites (N-methyl/N-ethyl adjacent to an activating group) is 1. The van der Waals surface area contributed by atoms with E-state index in [2.05, 4.69) is 17.1 Å². The molecule has 1 saturated heterocycles. The maximum atomic E-state index is 14.1. The van der Waals surface area contributed by atoms with E-state index in [-0.39, 0.29) is 17.9 Å². The number of aliphatic hydroxyl groups is 1. The van der Waals surface area contributed by atoms with Crippen LogP contribution in [-0.4, -0.2) is 93.3 Å². The van der Waals surface area contributed by atoms with Crippen molar-refractivity contribution in [3.8, 4) is 5.75 Å². The molecule has 42 heavy (non-hydrogen) atoms. The van der Waals surface area contributed by atoms with Gasteiger partial charge in [0.1, 0.15) is 11.2 Å². The lowest BCUT2D eigenvalue weighted by molar-refractivity contribution is -0.134. The predicted molar refractivity (Wildman–Crippen MR) is 167 cm³/mol. The Balaban J connectivity index is 1.53. The number of benzene rings is 3. The van der Waals surface area contributed by atoms with E-state index in [1.54, 1.807) is 32.2 Å². The van der Waals surface area contributed by atoms with Crippen LogP contribution < -0.4 is 15.0 Å². The topological polar surface area (TPSA) is 85.4 Å². The summed E-state index contributed by atoms with van der Waals surface area (Å²) >= 11 is 0. The Labute approximate surface area is 249 Å². The number of likely N-dealkylation sites (tertiary alicyclic amines) is 1. The largest absolute Gasteiger partial charge is 0.496 e. The molecule has 2 amide bonds. The van der Waals surface area contributed by atoms with Crippen LogP contribution in [0.1, 0.15) is 41.3 Å². The van der Waals surface area contributed by atoms with Gasteiger partial charge in [0.15, 0.2) is 0 Å². The fourth-order valence-electron chi connectivity index (χ4n) is 6.05. The van der Waals surface area contributed by atoms with Gasteiger partial charge in [-0.2, -0.15) is 0 Å². The van der Waals surface area contributed by atoms with Crippen LogP contribution in [0.2, 0.25) is 0 Å². The summed E-state index contributed by atoms with van der Waals surface area (Å²) in [6, 6.07) is 25.0. The maximum absolute atomic E-state index is 14.1. The van der Waals surface area contributed by atoms with Crippen molar-refractivity contribution in [1.29, 1.82) is 0 Å². The summed E-state index contributed by atoms with van der Waals surface area (Å²) in [5.74, 6) is 0.234. The molecular weight excluding hydrogens is 528 g/mol. The van der Waals surface area contributed by atoms with Crippen molar-refractivity contribution >= 4 is 17.5 Å². The lowest BCUT2D eigenvalue weighted by atomic mass is 9.69. The highest BCUT2D eigenvalue weighted by molar-refractivity contribution is 5.97. The number of carbonyl (C=O) groups excluding carboxylic acids is 2. The molecular formula is C34H44N4O4. The Kier molecular flexibility index (Phi) is 9.91. The highest BCUT2D eigenvalue weighted by Crippen LogP contribution is 2.40. The lowest BCUT2D eigenvalue weighted by Gasteiger charge is -2.44. The van der Waals surface area contributed by atoms with E-state index in [1.807, 2.05) is 91.8 Å². The van der Waals surface area contributed by atoms with Crippen LogP contribution in [0.4, 0.5) is 5.69 Å². The van der Waals surface area contributed by atoms with Crippen molar-refractivity contribution in [2.75, 3.05) is 53.3 Å². The van der Waals surface area contributed by atoms with Crippen molar-refractivity contribution < 1.29 is 19.4 Å². The van der Waals surface area contributed by atoms with Gasteiger partial charge in [0, 0.05) is 59.1 Å². The third-order valence-corrected chi connectivity index (χ3v) is 8.41. The second-order valence-electron chi connectivity index (χ2n) is 11.6. The molecule has 3 aromatic rings. The third-order valence-electron chi connectivity index (χ3n) is 8.41. The average Bonchev–Trinajstić information content (AvgIpc) is 3.00. The zero-order valence-corrected chi connectivity index (χ0v) is 25.6. The zero-order valence-electron chi connectivity index (χ0n) is 25.6. The van der Waals surface area contributed by atoms with Gasteiger partial charge < -0.3 is 25.0 Å². The van der Waals surface area contributed by atoms with Gasteiger partial charge in [0.2, 0.25) is 5.91 Å². The Morgan fingerprint density at radius 1 is 1.00 bits per heavy atom. The number of nitrogens with zero attached hydrogens (tertiary/aromatic N) is 3. The number of β-amino-alcohol motifs (C(OH)–C–C–N with tert-alkyl or cyclic N) is 1. The molecule has 0 radical (unpaired) electrons. The molecule has 8 nitrogen and oxygen atoms in total. The number of piperidine rings is 1. The fourth-order valence-corrected chi connectivity index (χ4v) is 6.05. The number of carbonyl (C=O) groups is 2. The molecule has 4 rings (SSSR count). The molecule has 0 saturated carbocycles. The smallest absolute Gasteiger partial charge is 0.255 e. The van der Waals surface area contributed by atoms with E-state index in [0.29, 0.717) is 37.2 Å². The summed E-state index contributed by atoms with van der Waals surface area (Å²) in [5, 5.41) is 14.2. The van der Waals surface area contributed by atoms with Crippen LogP contribution >= 0.6 is 0 Å². The molecule has 224 valence electrons. The number of aliphatic hydroxyl groups excluding tert-OH is 1. The van der Waals surface area contributed by atoms with Crippen molar-refractivity contribution in [1.82, 2.24) is 15.1 Å². The van der Waals surface area contributed by atoms with Gasteiger partial charge in [-0.05, 0) is 43.0 Å². The van der Waals surface area contributed by atoms with Crippen LogP contribution in [-0.2, 0) is 10.2 Å².